The number of amides is 1. The van der Waals surface area contributed by atoms with Crippen LogP contribution in [-0.2, 0) is 0 Å². The molecule has 0 saturated carbocycles. The van der Waals surface area contributed by atoms with Gasteiger partial charge in [0.1, 0.15) is 5.82 Å². The van der Waals surface area contributed by atoms with Gasteiger partial charge in [-0.2, -0.15) is 0 Å². The van der Waals surface area contributed by atoms with Gasteiger partial charge in [-0.25, -0.2) is 4.98 Å². The molecule has 1 aromatic heterocycles. The Morgan fingerprint density at radius 2 is 2.24 bits per heavy atom. The molecule has 94 valence electrons. The first-order chi connectivity index (χ1) is 8.08. The van der Waals surface area contributed by atoms with Gasteiger partial charge in [-0.3, -0.25) is 4.79 Å². The van der Waals surface area contributed by atoms with E-state index in [-0.39, 0.29) is 18.6 Å². The molecule has 1 rings (SSSR count). The van der Waals surface area contributed by atoms with Crippen LogP contribution in [0.1, 0.15) is 23.7 Å². The van der Waals surface area contributed by atoms with E-state index in [1.807, 2.05) is 25.9 Å². The molecule has 0 unspecified atom stereocenters. The summed E-state index contributed by atoms with van der Waals surface area (Å²) in [7, 11) is 3.78. The summed E-state index contributed by atoms with van der Waals surface area (Å²) in [5, 5.41) is 11.7. The zero-order chi connectivity index (χ0) is 12.8. The number of hydrogen-bond acceptors (Lipinski definition) is 4. The molecule has 0 fully saturated rings. The van der Waals surface area contributed by atoms with E-state index in [1.54, 1.807) is 12.1 Å². The number of rotatable bonds is 5. The minimum atomic E-state index is -0.205. The van der Waals surface area contributed by atoms with E-state index in [1.165, 1.54) is 6.20 Å². The zero-order valence-corrected chi connectivity index (χ0v) is 10.5. The molecule has 0 spiro atoms. The fraction of sp³-hybridized carbons (Fsp3) is 0.500. The molecule has 0 aliphatic heterocycles. The van der Waals surface area contributed by atoms with Crippen LogP contribution in [-0.4, -0.2) is 42.7 Å². The second-order valence-electron chi connectivity index (χ2n) is 4.06. The quantitative estimate of drug-likeness (QED) is 0.789. The van der Waals surface area contributed by atoms with Crippen molar-refractivity contribution in [3.8, 4) is 0 Å². The second-order valence-corrected chi connectivity index (χ2v) is 4.06. The van der Waals surface area contributed by atoms with E-state index < -0.39 is 0 Å². The number of aliphatic hydroxyl groups is 1. The highest BCUT2D eigenvalue weighted by atomic mass is 16.3. The van der Waals surface area contributed by atoms with Gasteiger partial charge in [0.05, 0.1) is 18.2 Å². The summed E-state index contributed by atoms with van der Waals surface area (Å²) in [6.45, 7) is 1.86. The number of nitrogens with one attached hydrogen (secondary N) is 1. The van der Waals surface area contributed by atoms with Crippen molar-refractivity contribution in [2.75, 3.05) is 25.6 Å². The second kappa shape index (κ2) is 6.20. The van der Waals surface area contributed by atoms with Gasteiger partial charge in [-0.1, -0.05) is 6.92 Å². The highest BCUT2D eigenvalue weighted by molar-refractivity contribution is 5.94. The Bertz CT molecular complexity index is 359. The molecule has 0 bridgehead atoms. The molecule has 2 N–H and O–H groups in total. The predicted octanol–water partition coefficient (Wildman–Crippen LogP) is 0.648. The Balaban J connectivity index is 2.69. The van der Waals surface area contributed by atoms with Crippen molar-refractivity contribution in [3.05, 3.63) is 23.9 Å². The van der Waals surface area contributed by atoms with Gasteiger partial charge in [-0.15, -0.1) is 0 Å². The number of aromatic nitrogens is 1. The Morgan fingerprint density at radius 3 is 2.65 bits per heavy atom. The third kappa shape index (κ3) is 3.71. The largest absolute Gasteiger partial charge is 0.394 e. The number of hydrogen-bond donors (Lipinski definition) is 2. The topological polar surface area (TPSA) is 65.5 Å². The number of aliphatic hydroxyl groups excluding tert-OH is 1. The van der Waals surface area contributed by atoms with E-state index in [0.717, 1.165) is 5.82 Å². The molecule has 0 aliphatic carbocycles. The van der Waals surface area contributed by atoms with Crippen molar-refractivity contribution in [2.24, 2.45) is 0 Å². The summed E-state index contributed by atoms with van der Waals surface area (Å²) in [6.07, 6.45) is 2.24. The molecule has 1 amide bonds. The molecule has 1 aromatic rings. The summed E-state index contributed by atoms with van der Waals surface area (Å²) in [5.74, 6) is 0.597. The van der Waals surface area contributed by atoms with Crippen molar-refractivity contribution in [2.45, 2.75) is 19.4 Å². The maximum absolute atomic E-state index is 11.8. The molecule has 0 radical (unpaired) electrons. The summed E-state index contributed by atoms with van der Waals surface area (Å²) < 4.78 is 0. The van der Waals surface area contributed by atoms with Crippen molar-refractivity contribution >= 4 is 11.7 Å². The van der Waals surface area contributed by atoms with Crippen LogP contribution in [0.5, 0.6) is 0 Å². The van der Waals surface area contributed by atoms with Crippen LogP contribution in [0.15, 0.2) is 18.3 Å². The lowest BCUT2D eigenvalue weighted by atomic mass is 10.2. The van der Waals surface area contributed by atoms with Crippen molar-refractivity contribution in [3.63, 3.8) is 0 Å². The zero-order valence-electron chi connectivity index (χ0n) is 10.5. The fourth-order valence-corrected chi connectivity index (χ4v) is 1.33. The van der Waals surface area contributed by atoms with Crippen molar-refractivity contribution in [1.29, 1.82) is 0 Å². The lowest BCUT2D eigenvalue weighted by Crippen LogP contribution is -2.36. The van der Waals surface area contributed by atoms with Gasteiger partial charge >= 0.3 is 0 Å². The first kappa shape index (κ1) is 13.4. The average Bonchev–Trinajstić information content (AvgIpc) is 2.35. The number of carbonyl (C=O) groups excluding carboxylic acids is 1. The normalized spacial score (nSPS) is 12.0. The van der Waals surface area contributed by atoms with Crippen molar-refractivity contribution < 1.29 is 9.90 Å². The highest BCUT2D eigenvalue weighted by Gasteiger charge is 2.11. The first-order valence-corrected chi connectivity index (χ1v) is 5.63. The SMILES string of the molecule is CC[C@@H](CO)NC(=O)c1ccc(N(C)C)nc1. The van der Waals surface area contributed by atoms with Crippen LogP contribution >= 0.6 is 0 Å². The van der Waals surface area contributed by atoms with Crippen molar-refractivity contribution in [1.82, 2.24) is 10.3 Å². The van der Waals surface area contributed by atoms with Gasteiger partial charge in [0, 0.05) is 20.3 Å². The summed E-state index contributed by atoms with van der Waals surface area (Å²) in [6, 6.07) is 3.31. The first-order valence-electron chi connectivity index (χ1n) is 5.63. The van der Waals surface area contributed by atoms with Gasteiger partial charge in [0.15, 0.2) is 0 Å². The van der Waals surface area contributed by atoms with E-state index in [9.17, 15) is 4.79 Å². The van der Waals surface area contributed by atoms with Crippen LogP contribution in [0.2, 0.25) is 0 Å². The summed E-state index contributed by atoms with van der Waals surface area (Å²) >= 11 is 0. The van der Waals surface area contributed by atoms with Crippen LogP contribution in [0, 0.1) is 0 Å². The minimum Gasteiger partial charge on any atom is -0.394 e. The molecule has 17 heavy (non-hydrogen) atoms. The number of carbonyl (C=O) groups is 1. The maximum Gasteiger partial charge on any atom is 0.253 e. The fourth-order valence-electron chi connectivity index (χ4n) is 1.33. The lowest BCUT2D eigenvalue weighted by Gasteiger charge is -2.14. The number of pyridine rings is 1. The molecule has 5 heteroatoms. The molecular weight excluding hydrogens is 218 g/mol. The van der Waals surface area contributed by atoms with E-state index >= 15 is 0 Å². The van der Waals surface area contributed by atoms with Crippen LogP contribution in [0.25, 0.3) is 0 Å². The Kier molecular flexibility index (Phi) is 4.90. The predicted molar refractivity (Wildman–Crippen MR) is 67.2 cm³/mol. The molecular formula is C12H19N3O2. The molecule has 1 heterocycles. The molecule has 1 atom stereocenters. The molecule has 0 aromatic carbocycles. The van der Waals surface area contributed by atoms with Gasteiger partial charge in [0.25, 0.3) is 5.91 Å². The third-order valence-electron chi connectivity index (χ3n) is 2.52. The molecule has 5 nitrogen and oxygen atoms in total. The smallest absolute Gasteiger partial charge is 0.253 e. The molecule has 0 saturated heterocycles. The number of nitrogens with zero attached hydrogens (tertiary/aromatic N) is 2. The van der Waals surface area contributed by atoms with Gasteiger partial charge in [-0.05, 0) is 18.6 Å². The van der Waals surface area contributed by atoms with Crippen LogP contribution < -0.4 is 10.2 Å². The van der Waals surface area contributed by atoms with E-state index in [4.69, 9.17) is 5.11 Å². The van der Waals surface area contributed by atoms with E-state index in [2.05, 4.69) is 10.3 Å². The Labute approximate surface area is 101 Å². The average molecular weight is 237 g/mol. The molecule has 0 aliphatic rings. The minimum absolute atomic E-state index is 0.0501. The third-order valence-corrected chi connectivity index (χ3v) is 2.52. The summed E-state index contributed by atoms with van der Waals surface area (Å²) in [4.78, 5) is 17.8. The highest BCUT2D eigenvalue weighted by Crippen LogP contribution is 2.08. The monoisotopic (exact) mass is 237 g/mol. The van der Waals surface area contributed by atoms with E-state index in [0.29, 0.717) is 12.0 Å². The van der Waals surface area contributed by atoms with Crippen LogP contribution in [0.4, 0.5) is 5.82 Å². The summed E-state index contributed by atoms with van der Waals surface area (Å²) in [5.41, 5.74) is 0.502. The maximum atomic E-state index is 11.8. The Morgan fingerprint density at radius 1 is 1.53 bits per heavy atom. The number of anilines is 1. The standard InChI is InChI=1S/C12H19N3O2/c1-4-10(8-16)14-12(17)9-5-6-11(13-7-9)15(2)3/h5-7,10,16H,4,8H2,1-3H3,(H,14,17)/t10-/m0/s1. The van der Waals surface area contributed by atoms with Gasteiger partial charge in [0.2, 0.25) is 0 Å². The van der Waals surface area contributed by atoms with Gasteiger partial charge < -0.3 is 15.3 Å². The van der Waals surface area contributed by atoms with Crippen LogP contribution in [0.3, 0.4) is 0 Å². The lowest BCUT2D eigenvalue weighted by molar-refractivity contribution is 0.0914. The Hall–Kier alpha value is -1.62.